The molecular formula is C14H16N4O3S. The van der Waals surface area contributed by atoms with E-state index in [4.69, 9.17) is 4.42 Å². The van der Waals surface area contributed by atoms with E-state index >= 15 is 0 Å². The van der Waals surface area contributed by atoms with Gasteiger partial charge in [-0.3, -0.25) is 9.59 Å². The first-order chi connectivity index (χ1) is 10.6. The Balaban J connectivity index is 1.82. The van der Waals surface area contributed by atoms with Gasteiger partial charge in [0.05, 0.1) is 5.75 Å². The number of aryl methyl sites for hydroxylation is 1. The molecule has 116 valence electrons. The number of anilines is 2. The van der Waals surface area contributed by atoms with Crippen LogP contribution in [0, 0.1) is 0 Å². The van der Waals surface area contributed by atoms with E-state index in [-0.39, 0.29) is 17.6 Å². The molecule has 7 nitrogen and oxygen atoms in total. The molecule has 2 N–H and O–H groups in total. The Hall–Kier alpha value is -2.35. The number of rotatable bonds is 6. The fraction of sp³-hybridized carbons (Fsp3) is 0.286. The van der Waals surface area contributed by atoms with Crippen LogP contribution in [0.25, 0.3) is 0 Å². The highest BCUT2D eigenvalue weighted by Crippen LogP contribution is 2.18. The van der Waals surface area contributed by atoms with Crippen LogP contribution in [-0.4, -0.2) is 27.8 Å². The molecule has 2 rings (SSSR count). The molecule has 0 saturated carbocycles. The minimum Gasteiger partial charge on any atom is -0.416 e. The predicted molar refractivity (Wildman–Crippen MR) is 83.8 cm³/mol. The molecule has 0 aliphatic heterocycles. The Bertz CT molecular complexity index is 654. The zero-order valence-electron chi connectivity index (χ0n) is 12.3. The number of thioether (sulfide) groups is 1. The molecule has 1 aromatic heterocycles. The van der Waals surface area contributed by atoms with Crippen molar-refractivity contribution in [1.82, 2.24) is 10.2 Å². The Morgan fingerprint density at radius 1 is 1.14 bits per heavy atom. The van der Waals surface area contributed by atoms with Gasteiger partial charge in [-0.25, -0.2) is 0 Å². The third-order valence-corrected chi connectivity index (χ3v) is 3.38. The van der Waals surface area contributed by atoms with E-state index in [1.807, 2.05) is 6.92 Å². The summed E-state index contributed by atoms with van der Waals surface area (Å²) in [5.41, 5.74) is 1.33. The van der Waals surface area contributed by atoms with Crippen molar-refractivity contribution in [3.63, 3.8) is 0 Å². The Morgan fingerprint density at radius 2 is 1.77 bits per heavy atom. The molecule has 0 aliphatic carbocycles. The number of nitrogens with zero attached hydrogens (tertiary/aromatic N) is 2. The summed E-state index contributed by atoms with van der Waals surface area (Å²) in [6.07, 6.45) is 0.667. The largest absolute Gasteiger partial charge is 0.416 e. The number of carbonyl (C=O) groups excluding carboxylic acids is 2. The number of hydrogen-bond acceptors (Lipinski definition) is 6. The standard InChI is InChI=1S/C14H16N4O3S/c1-3-13-17-18-14(21-13)22-8-12(20)16-11-6-4-10(5-7-11)15-9(2)19/h4-7H,3,8H2,1-2H3,(H,15,19)(H,16,20). The summed E-state index contributed by atoms with van der Waals surface area (Å²) in [6.45, 7) is 3.35. The van der Waals surface area contributed by atoms with Gasteiger partial charge in [0.25, 0.3) is 5.22 Å². The van der Waals surface area contributed by atoms with Gasteiger partial charge in [0.2, 0.25) is 17.7 Å². The van der Waals surface area contributed by atoms with Crippen LogP contribution < -0.4 is 10.6 Å². The number of carbonyl (C=O) groups is 2. The van der Waals surface area contributed by atoms with Gasteiger partial charge in [0, 0.05) is 24.7 Å². The summed E-state index contributed by atoms with van der Waals surface area (Å²) < 4.78 is 5.31. The minimum atomic E-state index is -0.173. The molecule has 0 bridgehead atoms. The van der Waals surface area contributed by atoms with Crippen LogP contribution in [0.3, 0.4) is 0 Å². The van der Waals surface area contributed by atoms with Crippen molar-refractivity contribution in [3.05, 3.63) is 30.2 Å². The second-order valence-corrected chi connectivity index (χ2v) is 5.34. The second kappa shape index (κ2) is 7.60. The van der Waals surface area contributed by atoms with Gasteiger partial charge in [0.1, 0.15) is 0 Å². The molecule has 0 radical (unpaired) electrons. The molecule has 0 atom stereocenters. The van der Waals surface area contributed by atoms with E-state index in [9.17, 15) is 9.59 Å². The fourth-order valence-electron chi connectivity index (χ4n) is 1.60. The van der Waals surface area contributed by atoms with Gasteiger partial charge in [-0.2, -0.15) is 0 Å². The molecular weight excluding hydrogens is 304 g/mol. The number of hydrogen-bond donors (Lipinski definition) is 2. The quantitative estimate of drug-likeness (QED) is 0.793. The van der Waals surface area contributed by atoms with Crippen molar-refractivity contribution in [2.45, 2.75) is 25.5 Å². The lowest BCUT2D eigenvalue weighted by Gasteiger charge is -2.06. The SMILES string of the molecule is CCc1nnc(SCC(=O)Nc2ccc(NC(C)=O)cc2)o1. The number of amides is 2. The normalized spacial score (nSPS) is 10.3. The summed E-state index contributed by atoms with van der Waals surface area (Å²) in [5, 5.41) is 13.4. The van der Waals surface area contributed by atoms with Crippen molar-refractivity contribution in [2.75, 3.05) is 16.4 Å². The summed E-state index contributed by atoms with van der Waals surface area (Å²) >= 11 is 1.19. The maximum Gasteiger partial charge on any atom is 0.277 e. The molecule has 2 aromatic rings. The van der Waals surface area contributed by atoms with Crippen LogP contribution >= 0.6 is 11.8 Å². The van der Waals surface area contributed by atoms with E-state index in [0.29, 0.717) is 28.9 Å². The highest BCUT2D eigenvalue weighted by molar-refractivity contribution is 7.99. The van der Waals surface area contributed by atoms with Crippen molar-refractivity contribution in [2.24, 2.45) is 0 Å². The summed E-state index contributed by atoms with van der Waals surface area (Å²) in [4.78, 5) is 22.7. The van der Waals surface area contributed by atoms with E-state index in [1.54, 1.807) is 24.3 Å². The number of aromatic nitrogens is 2. The number of nitrogens with one attached hydrogen (secondary N) is 2. The predicted octanol–water partition coefficient (Wildman–Crippen LogP) is 2.32. The Morgan fingerprint density at radius 3 is 2.32 bits per heavy atom. The van der Waals surface area contributed by atoms with Crippen LogP contribution in [0.2, 0.25) is 0 Å². The Kier molecular flexibility index (Phi) is 5.54. The van der Waals surface area contributed by atoms with Gasteiger partial charge in [-0.15, -0.1) is 10.2 Å². The van der Waals surface area contributed by atoms with E-state index < -0.39 is 0 Å². The maximum absolute atomic E-state index is 11.8. The van der Waals surface area contributed by atoms with Crippen LogP contribution in [0.5, 0.6) is 0 Å². The summed E-state index contributed by atoms with van der Waals surface area (Å²) in [6, 6.07) is 6.87. The van der Waals surface area contributed by atoms with Gasteiger partial charge in [0.15, 0.2) is 0 Å². The van der Waals surface area contributed by atoms with Crippen molar-refractivity contribution in [3.8, 4) is 0 Å². The minimum absolute atomic E-state index is 0.140. The lowest BCUT2D eigenvalue weighted by molar-refractivity contribution is -0.114. The third-order valence-electron chi connectivity index (χ3n) is 2.57. The monoisotopic (exact) mass is 320 g/mol. The smallest absolute Gasteiger partial charge is 0.277 e. The molecule has 0 spiro atoms. The van der Waals surface area contributed by atoms with E-state index in [2.05, 4.69) is 20.8 Å². The van der Waals surface area contributed by atoms with Gasteiger partial charge < -0.3 is 15.1 Å². The topological polar surface area (TPSA) is 97.1 Å². The molecule has 0 fully saturated rings. The molecule has 0 aliphatic rings. The third kappa shape index (κ3) is 4.88. The van der Waals surface area contributed by atoms with Crippen molar-refractivity contribution in [1.29, 1.82) is 0 Å². The fourth-order valence-corrected chi connectivity index (χ4v) is 2.18. The molecule has 1 aromatic carbocycles. The first-order valence-electron chi connectivity index (χ1n) is 6.69. The molecule has 0 saturated heterocycles. The first kappa shape index (κ1) is 16.0. The van der Waals surface area contributed by atoms with Gasteiger partial charge in [-0.05, 0) is 24.3 Å². The highest BCUT2D eigenvalue weighted by atomic mass is 32.2. The lowest BCUT2D eigenvalue weighted by atomic mass is 10.3. The molecule has 1 heterocycles. The zero-order chi connectivity index (χ0) is 15.9. The lowest BCUT2D eigenvalue weighted by Crippen LogP contribution is -2.14. The average Bonchev–Trinajstić information content (AvgIpc) is 2.95. The van der Waals surface area contributed by atoms with Crippen molar-refractivity contribution < 1.29 is 14.0 Å². The van der Waals surface area contributed by atoms with Crippen LogP contribution in [0.1, 0.15) is 19.7 Å². The summed E-state index contributed by atoms with van der Waals surface area (Å²) in [7, 11) is 0. The van der Waals surface area contributed by atoms with Crippen LogP contribution in [0.15, 0.2) is 33.9 Å². The Labute approximate surface area is 131 Å². The van der Waals surface area contributed by atoms with Gasteiger partial charge in [-0.1, -0.05) is 18.7 Å². The number of benzene rings is 1. The molecule has 8 heteroatoms. The van der Waals surface area contributed by atoms with E-state index in [1.165, 1.54) is 18.7 Å². The van der Waals surface area contributed by atoms with Gasteiger partial charge >= 0.3 is 0 Å². The average molecular weight is 320 g/mol. The maximum atomic E-state index is 11.8. The second-order valence-electron chi connectivity index (χ2n) is 4.41. The zero-order valence-corrected chi connectivity index (χ0v) is 13.1. The first-order valence-corrected chi connectivity index (χ1v) is 7.68. The van der Waals surface area contributed by atoms with E-state index in [0.717, 1.165) is 0 Å². The molecule has 0 unspecified atom stereocenters. The van der Waals surface area contributed by atoms with Crippen LogP contribution in [0.4, 0.5) is 11.4 Å². The molecule has 2 amide bonds. The summed E-state index contributed by atoms with van der Waals surface area (Å²) in [5.74, 6) is 0.419. The van der Waals surface area contributed by atoms with Crippen LogP contribution in [-0.2, 0) is 16.0 Å². The van der Waals surface area contributed by atoms with Crippen molar-refractivity contribution >= 4 is 35.0 Å². The highest BCUT2D eigenvalue weighted by Gasteiger charge is 2.09. The molecule has 22 heavy (non-hydrogen) atoms.